The van der Waals surface area contributed by atoms with Crippen LogP contribution in [0.2, 0.25) is 0 Å². The molecule has 3 rings (SSSR count). The third-order valence-corrected chi connectivity index (χ3v) is 3.80. The lowest BCUT2D eigenvalue weighted by atomic mass is 10.1. The average molecular weight is 295 g/mol. The summed E-state index contributed by atoms with van der Waals surface area (Å²) in [5, 5.41) is 13.6. The van der Waals surface area contributed by atoms with Crippen LogP contribution in [0.3, 0.4) is 0 Å². The number of phenols is 1. The van der Waals surface area contributed by atoms with Crippen LogP contribution >= 0.6 is 0 Å². The van der Waals surface area contributed by atoms with Gasteiger partial charge in [0.15, 0.2) is 0 Å². The minimum Gasteiger partial charge on any atom is -0.508 e. The van der Waals surface area contributed by atoms with Gasteiger partial charge in [0.05, 0.1) is 0 Å². The van der Waals surface area contributed by atoms with E-state index in [0.717, 1.165) is 16.6 Å². The van der Waals surface area contributed by atoms with E-state index >= 15 is 0 Å². The van der Waals surface area contributed by atoms with E-state index in [1.807, 2.05) is 6.07 Å². The van der Waals surface area contributed by atoms with Crippen molar-refractivity contribution in [1.82, 2.24) is 0 Å². The number of rotatable bonds is 3. The van der Waals surface area contributed by atoms with Crippen LogP contribution in [0.1, 0.15) is 16.7 Å². The fraction of sp³-hybridized carbons (Fsp3) is 0.167. The Morgan fingerprint density at radius 1 is 1.05 bits per heavy atom. The second-order valence-electron chi connectivity index (χ2n) is 5.42. The maximum absolute atomic E-state index is 11.6. The molecule has 0 aliphatic carbocycles. The van der Waals surface area contributed by atoms with Gasteiger partial charge in [-0.2, -0.15) is 0 Å². The maximum atomic E-state index is 11.6. The smallest absolute Gasteiger partial charge is 0.336 e. The Hall–Kier alpha value is -2.75. The highest BCUT2D eigenvalue weighted by molar-refractivity contribution is 5.81. The first kappa shape index (κ1) is 14.2. The molecule has 0 spiro atoms. The van der Waals surface area contributed by atoms with Crippen molar-refractivity contribution in [2.24, 2.45) is 0 Å². The van der Waals surface area contributed by atoms with Gasteiger partial charge in [-0.3, -0.25) is 0 Å². The summed E-state index contributed by atoms with van der Waals surface area (Å²) in [6.45, 7) is 4.65. The molecule has 0 fully saturated rings. The molecule has 0 bridgehead atoms. The molecule has 2 N–H and O–H groups in total. The number of hydrogen-bond acceptors (Lipinski definition) is 4. The summed E-state index contributed by atoms with van der Waals surface area (Å²) in [6, 6.07) is 12.4. The number of aryl methyl sites for hydroxylation is 2. The van der Waals surface area contributed by atoms with Gasteiger partial charge >= 0.3 is 5.63 Å². The number of phenolic OH excluding ortho intramolecular Hbond substituents is 1. The zero-order valence-electron chi connectivity index (χ0n) is 12.5. The lowest BCUT2D eigenvalue weighted by Crippen LogP contribution is -2.06. The maximum Gasteiger partial charge on any atom is 0.336 e. The monoisotopic (exact) mass is 295 g/mol. The first-order valence-corrected chi connectivity index (χ1v) is 7.10. The summed E-state index contributed by atoms with van der Waals surface area (Å²) in [4.78, 5) is 11.6. The summed E-state index contributed by atoms with van der Waals surface area (Å²) >= 11 is 0. The van der Waals surface area contributed by atoms with Crippen LogP contribution in [0.4, 0.5) is 5.69 Å². The van der Waals surface area contributed by atoms with Crippen molar-refractivity contribution in [3.63, 3.8) is 0 Å². The van der Waals surface area contributed by atoms with Crippen molar-refractivity contribution in [2.75, 3.05) is 5.32 Å². The van der Waals surface area contributed by atoms with Crippen LogP contribution in [-0.2, 0) is 6.54 Å². The molecule has 0 unspecified atom stereocenters. The molecule has 0 aliphatic rings. The first-order valence-electron chi connectivity index (χ1n) is 7.10. The lowest BCUT2D eigenvalue weighted by Gasteiger charge is -2.10. The van der Waals surface area contributed by atoms with Crippen LogP contribution in [-0.4, -0.2) is 5.11 Å². The molecule has 0 aliphatic heterocycles. The topological polar surface area (TPSA) is 62.5 Å². The van der Waals surface area contributed by atoms with Gasteiger partial charge in [0.2, 0.25) is 0 Å². The predicted octanol–water partition coefficient (Wildman–Crippen LogP) is 3.73. The molecule has 1 heterocycles. The van der Waals surface area contributed by atoms with E-state index in [1.165, 1.54) is 23.3 Å². The number of benzene rings is 2. The van der Waals surface area contributed by atoms with E-state index in [0.29, 0.717) is 12.1 Å². The van der Waals surface area contributed by atoms with Crippen molar-refractivity contribution in [3.05, 3.63) is 69.6 Å². The second kappa shape index (κ2) is 5.56. The molecule has 0 saturated heterocycles. The molecule has 0 amide bonds. The molecule has 0 atom stereocenters. The van der Waals surface area contributed by atoms with E-state index in [-0.39, 0.29) is 5.75 Å². The van der Waals surface area contributed by atoms with Gasteiger partial charge in [0.25, 0.3) is 0 Å². The zero-order valence-corrected chi connectivity index (χ0v) is 12.5. The highest BCUT2D eigenvalue weighted by Gasteiger charge is 2.06. The molecule has 112 valence electrons. The Bertz CT molecular complexity index is 896. The van der Waals surface area contributed by atoms with E-state index in [4.69, 9.17) is 4.42 Å². The molecule has 4 heteroatoms. The minimum absolute atomic E-state index is 0.0786. The van der Waals surface area contributed by atoms with Crippen LogP contribution in [0.5, 0.6) is 5.75 Å². The summed E-state index contributed by atoms with van der Waals surface area (Å²) < 4.78 is 5.13. The highest BCUT2D eigenvalue weighted by Crippen LogP contribution is 2.23. The lowest BCUT2D eigenvalue weighted by molar-refractivity contribution is 0.473. The fourth-order valence-corrected chi connectivity index (χ4v) is 2.41. The Labute approximate surface area is 128 Å². The Morgan fingerprint density at radius 2 is 1.86 bits per heavy atom. The number of anilines is 1. The third kappa shape index (κ3) is 2.81. The molecule has 2 aromatic carbocycles. The molecule has 4 nitrogen and oxygen atoms in total. The minimum atomic E-state index is -0.421. The highest BCUT2D eigenvalue weighted by atomic mass is 16.4. The molecular formula is C18H17NO3. The fourth-order valence-electron chi connectivity index (χ4n) is 2.41. The molecule has 0 saturated carbocycles. The van der Waals surface area contributed by atoms with Crippen molar-refractivity contribution in [3.8, 4) is 5.75 Å². The molecule has 22 heavy (non-hydrogen) atoms. The molecule has 3 aromatic rings. The normalized spacial score (nSPS) is 10.8. The van der Waals surface area contributed by atoms with Crippen LogP contribution < -0.4 is 10.9 Å². The number of aromatic hydroxyl groups is 1. The van der Waals surface area contributed by atoms with E-state index in [1.54, 1.807) is 12.1 Å². The van der Waals surface area contributed by atoms with Gasteiger partial charge in [-0.15, -0.1) is 0 Å². The van der Waals surface area contributed by atoms with Crippen molar-refractivity contribution >= 4 is 16.7 Å². The van der Waals surface area contributed by atoms with Crippen LogP contribution in [0, 0.1) is 13.8 Å². The van der Waals surface area contributed by atoms with E-state index in [2.05, 4.69) is 31.3 Å². The van der Waals surface area contributed by atoms with Gasteiger partial charge in [-0.05, 0) is 54.8 Å². The molecule has 1 aromatic heterocycles. The van der Waals surface area contributed by atoms with Crippen LogP contribution in [0.25, 0.3) is 11.0 Å². The number of nitrogens with one attached hydrogen (secondary N) is 1. The summed E-state index contributed by atoms with van der Waals surface area (Å²) in [5.74, 6) is 0.0786. The SMILES string of the molecule is Cc1ccc(NCc2cc(=O)oc3cc(O)ccc23)cc1C. The second-order valence-corrected chi connectivity index (χ2v) is 5.42. The third-order valence-electron chi connectivity index (χ3n) is 3.80. The Balaban J connectivity index is 1.93. The summed E-state index contributed by atoms with van der Waals surface area (Å²) in [6.07, 6.45) is 0. The standard InChI is InChI=1S/C18H17NO3/c1-11-3-4-14(7-12(11)2)19-10-13-8-18(21)22-17-9-15(20)5-6-16(13)17/h3-9,19-20H,10H2,1-2H3. The van der Waals surface area contributed by atoms with Gasteiger partial charge in [0.1, 0.15) is 11.3 Å². The van der Waals surface area contributed by atoms with Gasteiger partial charge < -0.3 is 14.8 Å². The van der Waals surface area contributed by atoms with Gasteiger partial charge in [-0.25, -0.2) is 4.79 Å². The Morgan fingerprint density at radius 3 is 2.64 bits per heavy atom. The average Bonchev–Trinajstić information content (AvgIpc) is 2.47. The van der Waals surface area contributed by atoms with Crippen molar-refractivity contribution in [2.45, 2.75) is 20.4 Å². The number of hydrogen-bond donors (Lipinski definition) is 2. The predicted molar refractivity (Wildman–Crippen MR) is 87.4 cm³/mol. The quantitative estimate of drug-likeness (QED) is 0.723. The summed E-state index contributed by atoms with van der Waals surface area (Å²) in [7, 11) is 0. The summed E-state index contributed by atoms with van der Waals surface area (Å²) in [5.41, 5.74) is 4.27. The van der Waals surface area contributed by atoms with Crippen molar-refractivity contribution < 1.29 is 9.52 Å². The van der Waals surface area contributed by atoms with Gasteiger partial charge in [-0.1, -0.05) is 6.07 Å². The van der Waals surface area contributed by atoms with E-state index < -0.39 is 5.63 Å². The molecule has 0 radical (unpaired) electrons. The number of fused-ring (bicyclic) bond motifs is 1. The largest absolute Gasteiger partial charge is 0.508 e. The van der Waals surface area contributed by atoms with E-state index in [9.17, 15) is 9.90 Å². The Kier molecular flexibility index (Phi) is 3.59. The van der Waals surface area contributed by atoms with Crippen LogP contribution in [0.15, 0.2) is 51.7 Å². The molecular weight excluding hydrogens is 278 g/mol. The van der Waals surface area contributed by atoms with Crippen molar-refractivity contribution in [1.29, 1.82) is 0 Å². The zero-order chi connectivity index (χ0) is 15.7. The first-order chi connectivity index (χ1) is 10.5. The van der Waals surface area contributed by atoms with Gasteiger partial charge in [0, 0.05) is 29.8 Å².